The third kappa shape index (κ3) is 16.5. The quantitative estimate of drug-likeness (QED) is 0.556. The molecule has 24 heavy (non-hydrogen) atoms. The molecule has 0 bridgehead atoms. The minimum Gasteiger partial charge on any atom is -0.149 e. The lowest BCUT2D eigenvalue weighted by Crippen LogP contribution is -1.86. The molecule has 0 atom stereocenters. The van der Waals surface area contributed by atoms with Crippen molar-refractivity contribution >= 4 is 47.0 Å². The molecule has 1 aliphatic rings. The molecular formula is C20H24S4. The van der Waals surface area contributed by atoms with Gasteiger partial charge in [-0.25, -0.2) is 0 Å². The Balaban J connectivity index is 2.25. The van der Waals surface area contributed by atoms with Crippen molar-refractivity contribution in [3.63, 3.8) is 0 Å². The van der Waals surface area contributed by atoms with Crippen molar-refractivity contribution in [3.05, 3.63) is 0 Å². The van der Waals surface area contributed by atoms with Crippen LogP contribution >= 0.6 is 47.0 Å². The Bertz CT molecular complexity index is 447. The van der Waals surface area contributed by atoms with E-state index in [1.54, 1.807) is 0 Å². The largest absolute Gasteiger partial charge is 0.149 e. The van der Waals surface area contributed by atoms with Crippen LogP contribution in [0.2, 0.25) is 0 Å². The molecule has 0 spiro atoms. The molecular weight excluding hydrogens is 368 g/mol. The molecule has 0 unspecified atom stereocenters. The average molecular weight is 393 g/mol. The zero-order valence-electron chi connectivity index (χ0n) is 14.1. The summed E-state index contributed by atoms with van der Waals surface area (Å²) in [5, 5.41) is 0. The van der Waals surface area contributed by atoms with Crippen LogP contribution in [0, 0.1) is 47.4 Å². The fourth-order valence-electron chi connectivity index (χ4n) is 1.63. The fourth-order valence-corrected chi connectivity index (χ4v) is 4.54. The Morgan fingerprint density at radius 2 is 0.625 bits per heavy atom. The van der Waals surface area contributed by atoms with Crippen molar-refractivity contribution in [3.8, 4) is 47.4 Å². The monoisotopic (exact) mass is 392 g/mol. The molecule has 0 aromatic heterocycles. The highest BCUT2D eigenvalue weighted by molar-refractivity contribution is 8.00. The summed E-state index contributed by atoms with van der Waals surface area (Å²) in [6, 6.07) is 0. The minimum absolute atomic E-state index is 0.900. The molecule has 1 rings (SSSR count). The van der Waals surface area contributed by atoms with Crippen LogP contribution in [0.1, 0.15) is 25.7 Å². The SMILES string of the molecule is C1#CCSCCCCSCC#CC#CCSCCCCSCC#C1. The molecule has 128 valence electrons. The molecule has 0 aliphatic carbocycles. The third-order valence-electron chi connectivity index (χ3n) is 2.83. The summed E-state index contributed by atoms with van der Waals surface area (Å²) in [6.07, 6.45) is 5.02. The van der Waals surface area contributed by atoms with E-state index in [-0.39, 0.29) is 0 Å². The van der Waals surface area contributed by atoms with Crippen molar-refractivity contribution in [1.29, 1.82) is 0 Å². The van der Waals surface area contributed by atoms with Crippen molar-refractivity contribution in [2.45, 2.75) is 25.7 Å². The van der Waals surface area contributed by atoms with Gasteiger partial charge in [-0.1, -0.05) is 23.7 Å². The standard InChI is InChI=1S/C20H24S4/c1-2-6-14-22-18-11-12-20-24-16-8-4-3-7-15-23-19-10-9-17-21-13-5-1/h9-20H2. The fraction of sp³-hybridized carbons (Fsp3) is 0.600. The topological polar surface area (TPSA) is 0 Å². The first-order chi connectivity index (χ1) is 12.0. The first-order valence-electron chi connectivity index (χ1n) is 8.22. The van der Waals surface area contributed by atoms with Crippen molar-refractivity contribution in [2.75, 3.05) is 46.0 Å². The van der Waals surface area contributed by atoms with E-state index < -0.39 is 0 Å². The van der Waals surface area contributed by atoms with E-state index in [0.29, 0.717) is 0 Å². The Kier molecular flexibility index (Phi) is 17.1. The second kappa shape index (κ2) is 19.0. The first kappa shape index (κ1) is 21.7. The highest BCUT2D eigenvalue weighted by Gasteiger charge is 1.91. The highest BCUT2D eigenvalue weighted by Crippen LogP contribution is 2.09. The van der Waals surface area contributed by atoms with Crippen LogP contribution in [0.5, 0.6) is 0 Å². The molecule has 0 saturated carbocycles. The zero-order chi connectivity index (χ0) is 17.0. The second-order valence-electron chi connectivity index (χ2n) is 4.83. The highest BCUT2D eigenvalue weighted by atomic mass is 32.2. The van der Waals surface area contributed by atoms with Gasteiger partial charge in [0.2, 0.25) is 0 Å². The van der Waals surface area contributed by atoms with E-state index in [1.807, 2.05) is 47.0 Å². The van der Waals surface area contributed by atoms with Gasteiger partial charge in [0, 0.05) is 0 Å². The van der Waals surface area contributed by atoms with E-state index in [0.717, 1.165) is 23.0 Å². The summed E-state index contributed by atoms with van der Waals surface area (Å²) in [5.41, 5.74) is 0. The molecule has 1 heterocycles. The maximum atomic E-state index is 3.13. The molecule has 0 nitrogen and oxygen atoms in total. The van der Waals surface area contributed by atoms with Crippen LogP contribution in [0.25, 0.3) is 0 Å². The lowest BCUT2D eigenvalue weighted by Gasteiger charge is -1.98. The predicted octanol–water partition coefficient (Wildman–Crippen LogP) is 4.51. The Labute approximate surface area is 165 Å². The number of hydrogen-bond acceptors (Lipinski definition) is 4. The van der Waals surface area contributed by atoms with Crippen LogP contribution in [-0.2, 0) is 0 Å². The predicted molar refractivity (Wildman–Crippen MR) is 119 cm³/mol. The van der Waals surface area contributed by atoms with E-state index in [2.05, 4.69) is 47.4 Å². The average Bonchev–Trinajstić information content (AvgIpc) is 2.59. The van der Waals surface area contributed by atoms with Gasteiger partial charge in [-0.2, -0.15) is 0 Å². The van der Waals surface area contributed by atoms with E-state index in [9.17, 15) is 0 Å². The van der Waals surface area contributed by atoms with E-state index in [4.69, 9.17) is 0 Å². The Morgan fingerprint density at radius 3 is 0.875 bits per heavy atom. The van der Waals surface area contributed by atoms with Crippen LogP contribution in [0.15, 0.2) is 0 Å². The molecule has 0 saturated heterocycles. The van der Waals surface area contributed by atoms with Gasteiger partial charge < -0.3 is 0 Å². The molecule has 0 fully saturated rings. The van der Waals surface area contributed by atoms with Gasteiger partial charge in [0.05, 0.1) is 23.0 Å². The van der Waals surface area contributed by atoms with Gasteiger partial charge in [0.15, 0.2) is 0 Å². The molecule has 0 radical (unpaired) electrons. The van der Waals surface area contributed by atoms with Crippen LogP contribution in [0.4, 0.5) is 0 Å². The van der Waals surface area contributed by atoms with Gasteiger partial charge in [-0.05, 0) is 72.4 Å². The normalized spacial score (nSPS) is 18.7. The summed E-state index contributed by atoms with van der Waals surface area (Å²) in [6.45, 7) is 0. The van der Waals surface area contributed by atoms with Crippen molar-refractivity contribution in [1.82, 2.24) is 0 Å². The van der Waals surface area contributed by atoms with Crippen molar-refractivity contribution in [2.24, 2.45) is 0 Å². The number of thioether (sulfide) groups is 4. The van der Waals surface area contributed by atoms with Crippen LogP contribution < -0.4 is 0 Å². The van der Waals surface area contributed by atoms with Gasteiger partial charge in [0.1, 0.15) is 0 Å². The summed E-state index contributed by atoms with van der Waals surface area (Å²) >= 11 is 7.63. The molecule has 4 heteroatoms. The van der Waals surface area contributed by atoms with Gasteiger partial charge in [-0.3, -0.25) is 0 Å². The molecule has 0 N–H and O–H groups in total. The molecule has 1 aliphatic heterocycles. The minimum atomic E-state index is 0.900. The summed E-state index contributed by atoms with van der Waals surface area (Å²) < 4.78 is 0. The molecule has 0 aromatic carbocycles. The number of hydrogen-bond donors (Lipinski definition) is 0. The van der Waals surface area contributed by atoms with Crippen LogP contribution in [0.3, 0.4) is 0 Å². The van der Waals surface area contributed by atoms with Gasteiger partial charge >= 0.3 is 0 Å². The summed E-state index contributed by atoms with van der Waals surface area (Å²) in [5.74, 6) is 32.7. The maximum absolute atomic E-state index is 3.13. The summed E-state index contributed by atoms with van der Waals surface area (Å²) in [7, 11) is 0. The maximum Gasteiger partial charge on any atom is 0.0557 e. The summed E-state index contributed by atoms with van der Waals surface area (Å²) in [4.78, 5) is 0. The third-order valence-corrected chi connectivity index (χ3v) is 6.53. The van der Waals surface area contributed by atoms with Crippen molar-refractivity contribution < 1.29 is 0 Å². The molecule has 0 amide bonds. The zero-order valence-corrected chi connectivity index (χ0v) is 17.4. The first-order valence-corrected chi connectivity index (χ1v) is 12.8. The van der Waals surface area contributed by atoms with E-state index >= 15 is 0 Å². The number of rotatable bonds is 0. The Hall–Kier alpha value is -0.360. The van der Waals surface area contributed by atoms with Crippen LogP contribution in [-0.4, -0.2) is 46.0 Å². The molecule has 0 aromatic rings. The lowest BCUT2D eigenvalue weighted by molar-refractivity contribution is 0.908. The second-order valence-corrected chi connectivity index (χ2v) is 9.25. The van der Waals surface area contributed by atoms with Gasteiger partial charge in [0.25, 0.3) is 0 Å². The van der Waals surface area contributed by atoms with Gasteiger partial charge in [-0.15, -0.1) is 47.0 Å². The lowest BCUT2D eigenvalue weighted by atomic mass is 10.4. The smallest absolute Gasteiger partial charge is 0.0557 e. The Morgan fingerprint density at radius 1 is 0.375 bits per heavy atom. The van der Waals surface area contributed by atoms with E-state index in [1.165, 1.54) is 48.7 Å².